The van der Waals surface area contributed by atoms with Crippen molar-refractivity contribution in [2.24, 2.45) is 0 Å². The minimum absolute atomic E-state index is 0.0535. The lowest BCUT2D eigenvalue weighted by atomic mass is 10.1. The van der Waals surface area contributed by atoms with Crippen molar-refractivity contribution in [2.45, 2.75) is 36.4 Å². The van der Waals surface area contributed by atoms with E-state index in [0.29, 0.717) is 18.9 Å². The highest BCUT2D eigenvalue weighted by Gasteiger charge is 2.43. The number of esters is 1. The van der Waals surface area contributed by atoms with E-state index in [2.05, 4.69) is 4.74 Å². The molecule has 0 bridgehead atoms. The van der Waals surface area contributed by atoms with Gasteiger partial charge in [-0.15, -0.1) is 0 Å². The molecule has 0 aliphatic carbocycles. The summed E-state index contributed by atoms with van der Waals surface area (Å²) in [6, 6.07) is 1.31. The van der Waals surface area contributed by atoms with Gasteiger partial charge in [0, 0.05) is 11.6 Å². The Morgan fingerprint density at radius 3 is 2.58 bits per heavy atom. The van der Waals surface area contributed by atoms with Crippen LogP contribution in [-0.2, 0) is 25.7 Å². The monoisotopic (exact) mass is 385 g/mol. The molecule has 10 heteroatoms. The van der Waals surface area contributed by atoms with E-state index in [1.165, 1.54) is 0 Å². The van der Waals surface area contributed by atoms with Crippen molar-refractivity contribution in [3.8, 4) is 0 Å². The fraction of sp³-hybridized carbons (Fsp3) is 0.500. The first-order valence-electron chi connectivity index (χ1n) is 7.05. The fourth-order valence-corrected chi connectivity index (χ4v) is 4.65. The average Bonchev–Trinajstić information content (AvgIpc) is 2.53. The summed E-state index contributed by atoms with van der Waals surface area (Å²) in [7, 11) is -3.44. The molecule has 0 amide bonds. The third kappa shape index (κ3) is 3.68. The summed E-state index contributed by atoms with van der Waals surface area (Å²) >= 11 is 5.58. The average molecular weight is 386 g/mol. The molecule has 5 nitrogen and oxygen atoms in total. The van der Waals surface area contributed by atoms with Crippen LogP contribution in [0.1, 0.15) is 24.8 Å². The smallest absolute Gasteiger partial charge is 0.417 e. The van der Waals surface area contributed by atoms with E-state index in [1.54, 1.807) is 0 Å². The molecule has 1 aromatic rings. The second-order valence-electron chi connectivity index (χ2n) is 5.29. The lowest BCUT2D eigenvalue weighted by molar-refractivity contribution is -0.146. The van der Waals surface area contributed by atoms with Crippen molar-refractivity contribution in [3.05, 3.63) is 28.8 Å². The van der Waals surface area contributed by atoms with Crippen molar-refractivity contribution >= 4 is 27.6 Å². The predicted molar refractivity (Wildman–Crippen MR) is 80.0 cm³/mol. The van der Waals surface area contributed by atoms with Crippen LogP contribution in [0.4, 0.5) is 13.2 Å². The van der Waals surface area contributed by atoms with Gasteiger partial charge in [0.1, 0.15) is 6.04 Å². The lowest BCUT2D eigenvalue weighted by Crippen LogP contribution is -2.48. The number of ether oxygens (including phenoxy) is 1. The minimum atomic E-state index is -4.90. The molecule has 0 saturated carbocycles. The van der Waals surface area contributed by atoms with Gasteiger partial charge in [-0.05, 0) is 37.5 Å². The van der Waals surface area contributed by atoms with Gasteiger partial charge in [0.05, 0.1) is 17.6 Å². The van der Waals surface area contributed by atoms with Crippen LogP contribution in [0, 0.1) is 0 Å². The summed E-state index contributed by atoms with van der Waals surface area (Å²) < 4.78 is 70.5. The van der Waals surface area contributed by atoms with Crippen molar-refractivity contribution in [1.29, 1.82) is 0 Å². The highest BCUT2D eigenvalue weighted by atomic mass is 35.5. The summed E-state index contributed by atoms with van der Waals surface area (Å²) in [5.41, 5.74) is -1.36. The topological polar surface area (TPSA) is 63.7 Å². The quantitative estimate of drug-likeness (QED) is 0.750. The van der Waals surface area contributed by atoms with Gasteiger partial charge in [-0.2, -0.15) is 17.5 Å². The first-order chi connectivity index (χ1) is 11.1. The summed E-state index contributed by atoms with van der Waals surface area (Å²) in [4.78, 5) is 10.9. The number of methoxy groups -OCH3 is 1. The molecule has 134 valence electrons. The number of nitrogens with zero attached hydrogens (tertiary/aromatic N) is 1. The highest BCUT2D eigenvalue weighted by Crippen LogP contribution is 2.38. The molecule has 0 radical (unpaired) electrons. The van der Waals surface area contributed by atoms with Gasteiger partial charge in [0.2, 0.25) is 10.0 Å². The lowest BCUT2D eigenvalue weighted by Gasteiger charge is -2.33. The third-order valence-corrected chi connectivity index (χ3v) is 5.96. The molecule has 0 aromatic heterocycles. The Kier molecular flexibility index (Phi) is 5.46. The Bertz CT molecular complexity index is 736. The molecular weight excluding hydrogens is 371 g/mol. The number of carbonyl (C=O) groups excluding carboxylic acids is 1. The fourth-order valence-electron chi connectivity index (χ4n) is 2.64. The Morgan fingerprint density at radius 2 is 2.00 bits per heavy atom. The van der Waals surface area contributed by atoms with Crippen molar-refractivity contribution in [1.82, 2.24) is 4.31 Å². The standard InChI is InChI=1S/C14H15ClF3NO4S/c1-23-13(20)11-4-2-3-7-19(11)24(21,22)12-6-5-9(15)8-10(12)14(16,17)18/h5-6,8,11H,2-4,7H2,1H3. The summed E-state index contributed by atoms with van der Waals surface area (Å²) in [6.07, 6.45) is -3.68. The molecule has 1 saturated heterocycles. The maximum absolute atomic E-state index is 13.2. The number of piperidine rings is 1. The normalized spacial score (nSPS) is 20.0. The van der Waals surface area contributed by atoms with E-state index in [1.807, 2.05) is 0 Å². The zero-order valence-electron chi connectivity index (χ0n) is 12.6. The number of carbonyl (C=O) groups is 1. The Hall–Kier alpha value is -1.32. The number of hydrogen-bond acceptors (Lipinski definition) is 4. The van der Waals surface area contributed by atoms with Gasteiger partial charge in [0.25, 0.3) is 0 Å². The summed E-state index contributed by atoms with van der Waals surface area (Å²) in [6.45, 7) is -0.0535. The van der Waals surface area contributed by atoms with Gasteiger partial charge in [0.15, 0.2) is 0 Å². The molecule has 1 atom stereocenters. The zero-order valence-corrected chi connectivity index (χ0v) is 14.2. The Labute approximate surface area is 142 Å². The molecule has 1 heterocycles. The third-order valence-electron chi connectivity index (χ3n) is 3.76. The van der Waals surface area contributed by atoms with Crippen LogP contribution in [0.25, 0.3) is 0 Å². The molecule has 2 rings (SSSR count). The molecule has 0 N–H and O–H groups in total. The van der Waals surface area contributed by atoms with Gasteiger partial charge < -0.3 is 4.74 Å². The van der Waals surface area contributed by atoms with E-state index in [-0.39, 0.29) is 18.0 Å². The number of sulfonamides is 1. The van der Waals surface area contributed by atoms with Crippen LogP contribution in [0.3, 0.4) is 0 Å². The minimum Gasteiger partial charge on any atom is -0.468 e. The highest BCUT2D eigenvalue weighted by molar-refractivity contribution is 7.89. The van der Waals surface area contributed by atoms with Gasteiger partial charge in [-0.25, -0.2) is 8.42 Å². The van der Waals surface area contributed by atoms with Crippen LogP contribution < -0.4 is 0 Å². The van der Waals surface area contributed by atoms with Gasteiger partial charge >= 0.3 is 12.1 Å². The van der Waals surface area contributed by atoms with Crippen LogP contribution in [0.2, 0.25) is 5.02 Å². The molecule has 1 aliphatic rings. The largest absolute Gasteiger partial charge is 0.468 e. The number of rotatable bonds is 3. The van der Waals surface area contributed by atoms with E-state index in [4.69, 9.17) is 11.6 Å². The summed E-state index contributed by atoms with van der Waals surface area (Å²) in [5.74, 6) is -0.791. The second kappa shape index (κ2) is 6.89. The van der Waals surface area contributed by atoms with Gasteiger partial charge in [-0.3, -0.25) is 4.79 Å². The first kappa shape index (κ1) is 19.0. The Balaban J connectivity index is 2.56. The van der Waals surface area contributed by atoms with Crippen molar-refractivity contribution < 1.29 is 31.1 Å². The van der Waals surface area contributed by atoms with E-state index < -0.39 is 38.7 Å². The van der Waals surface area contributed by atoms with Crippen LogP contribution in [-0.4, -0.2) is 38.4 Å². The van der Waals surface area contributed by atoms with Crippen molar-refractivity contribution in [2.75, 3.05) is 13.7 Å². The van der Waals surface area contributed by atoms with E-state index in [0.717, 1.165) is 23.5 Å². The zero-order chi connectivity index (χ0) is 18.1. The molecule has 1 unspecified atom stereocenters. The molecule has 1 aliphatic heterocycles. The number of hydrogen-bond donors (Lipinski definition) is 0. The predicted octanol–water partition coefficient (Wildman–Crippen LogP) is 3.08. The van der Waals surface area contributed by atoms with E-state index >= 15 is 0 Å². The van der Waals surface area contributed by atoms with Crippen LogP contribution >= 0.6 is 11.6 Å². The number of alkyl halides is 3. The van der Waals surface area contributed by atoms with E-state index in [9.17, 15) is 26.4 Å². The van der Waals surface area contributed by atoms with Crippen LogP contribution in [0.5, 0.6) is 0 Å². The number of benzene rings is 1. The molecule has 0 spiro atoms. The maximum atomic E-state index is 13.2. The van der Waals surface area contributed by atoms with Crippen molar-refractivity contribution in [3.63, 3.8) is 0 Å². The number of halogens is 4. The van der Waals surface area contributed by atoms with Gasteiger partial charge in [-0.1, -0.05) is 11.6 Å². The second-order valence-corrected chi connectivity index (χ2v) is 7.58. The summed E-state index contributed by atoms with van der Waals surface area (Å²) in [5, 5.41) is -0.232. The first-order valence-corrected chi connectivity index (χ1v) is 8.87. The molecule has 1 fully saturated rings. The maximum Gasteiger partial charge on any atom is 0.417 e. The molecular formula is C14H15ClF3NO4S. The molecule has 1 aromatic carbocycles. The SMILES string of the molecule is COC(=O)C1CCCCN1S(=O)(=O)c1ccc(Cl)cc1C(F)(F)F. The Morgan fingerprint density at radius 1 is 1.33 bits per heavy atom. The van der Waals surface area contributed by atoms with Crippen LogP contribution in [0.15, 0.2) is 23.1 Å². The molecule has 24 heavy (non-hydrogen) atoms.